The number of carbonyl (C=O) groups is 1. The van der Waals surface area contributed by atoms with E-state index in [-0.39, 0.29) is 5.69 Å². The molecule has 154 valence electrons. The molecule has 3 aliphatic rings. The third kappa shape index (κ3) is 3.65. The average molecular weight is 396 g/mol. The van der Waals surface area contributed by atoms with Crippen LogP contribution in [0.3, 0.4) is 0 Å². The van der Waals surface area contributed by atoms with Crippen molar-refractivity contribution in [1.82, 2.24) is 0 Å². The molecular weight excluding hydrogens is 372 g/mol. The molecule has 1 aromatic rings. The van der Waals surface area contributed by atoms with E-state index in [2.05, 4.69) is 5.32 Å². The van der Waals surface area contributed by atoms with Crippen LogP contribution >= 0.6 is 0 Å². The van der Waals surface area contributed by atoms with Crippen LogP contribution in [-0.2, 0) is 28.5 Å². The number of ether oxygens (including phenoxy) is 5. The molecule has 3 N–H and O–H groups in total. The summed E-state index contributed by atoms with van der Waals surface area (Å²) in [5, 5.41) is 21.6. The van der Waals surface area contributed by atoms with Crippen LogP contribution in [0.5, 0.6) is 0 Å². The van der Waals surface area contributed by atoms with E-state index >= 15 is 0 Å². The number of amides is 1. The first-order valence-electron chi connectivity index (χ1n) is 9.06. The molecule has 10 nitrogen and oxygen atoms in total. The van der Waals surface area contributed by atoms with Gasteiger partial charge in [-0.15, -0.1) is 0 Å². The number of hydrogen-bond donors (Lipinski definition) is 3. The maximum absolute atomic E-state index is 12.9. The number of anilines is 1. The molecule has 1 amide bonds. The number of benzene rings is 1. The van der Waals surface area contributed by atoms with Gasteiger partial charge in [-0.25, -0.2) is 5.21 Å². The lowest BCUT2D eigenvalue weighted by atomic mass is 9.98. The maximum Gasteiger partial charge on any atom is 0.256 e. The summed E-state index contributed by atoms with van der Waals surface area (Å²) in [6.45, 7) is 7.06. The minimum absolute atomic E-state index is 0.128. The van der Waals surface area contributed by atoms with Crippen LogP contribution in [0.2, 0.25) is 0 Å². The van der Waals surface area contributed by atoms with Gasteiger partial charge in [-0.05, 0) is 39.8 Å². The zero-order valence-corrected chi connectivity index (χ0v) is 16.0. The second-order valence-corrected chi connectivity index (χ2v) is 7.96. The van der Waals surface area contributed by atoms with Crippen LogP contribution < -0.4 is 10.5 Å². The summed E-state index contributed by atoms with van der Waals surface area (Å²) in [6, 6.07) is 5.85. The summed E-state index contributed by atoms with van der Waals surface area (Å²) < 4.78 is 29.5. The monoisotopic (exact) mass is 396 g/mol. The lowest BCUT2D eigenvalue weighted by Crippen LogP contribution is -2.99. The van der Waals surface area contributed by atoms with Crippen LogP contribution in [-0.4, -0.2) is 53.4 Å². The third-order valence-electron chi connectivity index (χ3n) is 4.81. The quantitative estimate of drug-likeness (QED) is 0.629. The smallest absolute Gasteiger partial charge is 0.256 e. The second-order valence-electron chi connectivity index (χ2n) is 7.96. The highest BCUT2D eigenvalue weighted by atomic mass is 16.9. The molecule has 0 saturated carbocycles. The summed E-state index contributed by atoms with van der Waals surface area (Å²) in [7, 11) is 0. The van der Waals surface area contributed by atoms with Crippen LogP contribution in [0.15, 0.2) is 24.3 Å². The Morgan fingerprint density at radius 2 is 1.57 bits per heavy atom. The number of nitrogens with one attached hydrogen (secondary N) is 2. The second kappa shape index (κ2) is 6.71. The fraction of sp³-hybridized carbons (Fsp3) is 0.611. The standard InChI is InChI=1S/C18H24N2O8/c1-17(2)25-11-12(26-17)14-16(28-18(3,4)27-14)24-13(11)15(21)19-9-5-7-10(8-6-9)20(22)23/h5-8,11-14,16,20,22H,1-4H3,(H,19,21)/t11-,12-,13+,14-,16+/m1/s1. The van der Waals surface area contributed by atoms with Gasteiger partial charge in [-0.2, -0.15) is 5.23 Å². The minimum atomic E-state index is -1.04. The number of fused-ring (bicyclic) bond motifs is 3. The van der Waals surface area contributed by atoms with Crippen molar-refractivity contribution in [2.75, 3.05) is 5.32 Å². The van der Waals surface area contributed by atoms with Gasteiger partial charge in [0.25, 0.3) is 5.91 Å². The molecule has 3 fully saturated rings. The van der Waals surface area contributed by atoms with Gasteiger partial charge in [0.05, 0.1) is 0 Å². The average Bonchev–Trinajstić information content (AvgIpc) is 3.08. The summed E-state index contributed by atoms with van der Waals surface area (Å²) in [5.74, 6) is -2.20. The van der Waals surface area contributed by atoms with Gasteiger partial charge in [0.15, 0.2) is 29.7 Å². The molecule has 0 aliphatic carbocycles. The maximum atomic E-state index is 12.9. The molecule has 4 rings (SSSR count). The van der Waals surface area contributed by atoms with Crippen molar-refractivity contribution in [2.45, 2.75) is 70.0 Å². The number of carbonyl (C=O) groups excluding carboxylic acids is 1. The van der Waals surface area contributed by atoms with E-state index in [0.29, 0.717) is 5.69 Å². The number of hydrogen-bond acceptors (Lipinski definition) is 8. The number of quaternary nitrogens is 1. The molecule has 3 heterocycles. The largest absolute Gasteiger partial charge is 0.595 e. The Balaban J connectivity index is 1.53. The molecule has 3 aliphatic heterocycles. The lowest BCUT2D eigenvalue weighted by Gasteiger charge is -2.36. The normalized spacial score (nSPS) is 36.4. The van der Waals surface area contributed by atoms with E-state index in [1.165, 1.54) is 24.3 Å². The first-order chi connectivity index (χ1) is 13.0. The Bertz CT molecular complexity index is 750. The van der Waals surface area contributed by atoms with Crippen LogP contribution in [0, 0.1) is 5.21 Å². The van der Waals surface area contributed by atoms with Gasteiger partial charge in [-0.1, -0.05) is 0 Å². The van der Waals surface area contributed by atoms with E-state index in [1.54, 1.807) is 27.7 Å². The van der Waals surface area contributed by atoms with Gasteiger partial charge < -0.3 is 34.2 Å². The Morgan fingerprint density at radius 3 is 2.21 bits per heavy atom. The van der Waals surface area contributed by atoms with Crippen molar-refractivity contribution in [2.24, 2.45) is 0 Å². The zero-order chi connectivity index (χ0) is 20.3. The number of rotatable bonds is 3. The van der Waals surface area contributed by atoms with Crippen molar-refractivity contribution >= 4 is 17.3 Å². The first kappa shape index (κ1) is 19.7. The van der Waals surface area contributed by atoms with Crippen LogP contribution in [0.4, 0.5) is 11.4 Å². The zero-order valence-electron chi connectivity index (χ0n) is 16.0. The van der Waals surface area contributed by atoms with Crippen LogP contribution in [0.1, 0.15) is 27.7 Å². The molecule has 0 radical (unpaired) electrons. The summed E-state index contributed by atoms with van der Waals surface area (Å²) in [6.07, 6.45) is -3.46. The highest BCUT2D eigenvalue weighted by Crippen LogP contribution is 2.44. The molecule has 0 bridgehead atoms. The first-order valence-corrected chi connectivity index (χ1v) is 9.06. The summed E-state index contributed by atoms with van der Waals surface area (Å²) >= 11 is 0. The molecular formula is C18H24N2O8. The van der Waals surface area contributed by atoms with Crippen molar-refractivity contribution in [3.05, 3.63) is 29.5 Å². The van der Waals surface area contributed by atoms with E-state index in [4.69, 9.17) is 28.9 Å². The Hall–Kier alpha value is -1.63. The highest BCUT2D eigenvalue weighted by molar-refractivity contribution is 5.95. The topological polar surface area (TPSA) is 123 Å². The Morgan fingerprint density at radius 1 is 1.00 bits per heavy atom. The predicted molar refractivity (Wildman–Crippen MR) is 93.4 cm³/mol. The van der Waals surface area contributed by atoms with E-state index in [1.807, 2.05) is 0 Å². The molecule has 10 heteroatoms. The molecule has 28 heavy (non-hydrogen) atoms. The molecule has 0 spiro atoms. The highest BCUT2D eigenvalue weighted by Gasteiger charge is 2.62. The van der Waals surface area contributed by atoms with Crippen LogP contribution in [0.25, 0.3) is 0 Å². The molecule has 0 aromatic heterocycles. The van der Waals surface area contributed by atoms with Crippen molar-refractivity contribution < 1.29 is 38.9 Å². The van der Waals surface area contributed by atoms with Crippen molar-refractivity contribution in [3.8, 4) is 0 Å². The molecule has 6 atom stereocenters. The van der Waals surface area contributed by atoms with Crippen molar-refractivity contribution in [3.63, 3.8) is 0 Å². The fourth-order valence-electron chi connectivity index (χ4n) is 3.73. The molecule has 3 saturated heterocycles. The lowest BCUT2D eigenvalue weighted by molar-refractivity contribution is -0.991. The molecule has 1 unspecified atom stereocenters. The van der Waals surface area contributed by atoms with Crippen molar-refractivity contribution in [1.29, 1.82) is 0 Å². The molecule has 1 aromatic carbocycles. The SMILES string of the molecule is CC1(C)O[C@@H]2[C@@H](O1)[C@@H](C(=O)Nc1ccc([NH+]([O-])O)cc1)O[C@H]1OC(C)(C)O[C@@H]12. The van der Waals surface area contributed by atoms with Gasteiger partial charge >= 0.3 is 0 Å². The third-order valence-corrected chi connectivity index (χ3v) is 4.81. The Labute approximate surface area is 161 Å². The van der Waals surface area contributed by atoms with Gasteiger partial charge in [0, 0.05) is 17.8 Å². The van der Waals surface area contributed by atoms with Gasteiger partial charge in [-0.3, -0.25) is 4.79 Å². The Kier molecular flexibility index (Phi) is 4.72. The van der Waals surface area contributed by atoms with E-state index < -0.39 is 53.4 Å². The summed E-state index contributed by atoms with van der Waals surface area (Å²) in [4.78, 5) is 12.9. The van der Waals surface area contributed by atoms with Gasteiger partial charge in [0.2, 0.25) is 0 Å². The van der Waals surface area contributed by atoms with Gasteiger partial charge in [0.1, 0.15) is 18.3 Å². The van der Waals surface area contributed by atoms with E-state index in [0.717, 1.165) is 0 Å². The van der Waals surface area contributed by atoms with E-state index in [9.17, 15) is 10.0 Å². The minimum Gasteiger partial charge on any atom is -0.595 e. The predicted octanol–water partition coefficient (Wildman–Crippen LogP) is 0.425. The fourth-order valence-corrected chi connectivity index (χ4v) is 3.73. The summed E-state index contributed by atoms with van der Waals surface area (Å²) in [5.41, 5.74) is 0.571.